The number of primary amides is 1. The van der Waals surface area contributed by atoms with Crippen LogP contribution in [0.2, 0.25) is 0 Å². The molecule has 1 heterocycles. The zero-order chi connectivity index (χ0) is 17.6. The number of aryl methyl sites for hydroxylation is 1. The number of carbonyl (C=O) groups excluding carboxylic acids is 2. The van der Waals surface area contributed by atoms with E-state index in [1.165, 1.54) is 30.6 Å². The summed E-state index contributed by atoms with van der Waals surface area (Å²) in [5.41, 5.74) is 7.87. The van der Waals surface area contributed by atoms with Crippen LogP contribution in [0.25, 0.3) is 11.1 Å². The van der Waals surface area contributed by atoms with E-state index in [9.17, 15) is 9.59 Å². The Labute approximate surface area is 151 Å². The highest BCUT2D eigenvalue weighted by atomic mass is 32.1. The lowest BCUT2D eigenvalue weighted by atomic mass is 9.81. The van der Waals surface area contributed by atoms with Crippen molar-refractivity contribution >= 4 is 28.2 Å². The Morgan fingerprint density at radius 2 is 1.92 bits per heavy atom. The minimum Gasteiger partial charge on any atom is -0.365 e. The zero-order valence-electron chi connectivity index (χ0n) is 14.2. The van der Waals surface area contributed by atoms with Crippen molar-refractivity contribution < 1.29 is 9.59 Å². The quantitative estimate of drug-likeness (QED) is 0.845. The Bertz CT molecular complexity index is 824. The van der Waals surface area contributed by atoms with Gasteiger partial charge in [0, 0.05) is 16.4 Å². The van der Waals surface area contributed by atoms with E-state index < -0.39 is 5.91 Å². The van der Waals surface area contributed by atoms with Crippen molar-refractivity contribution in [2.75, 3.05) is 5.32 Å². The summed E-state index contributed by atoms with van der Waals surface area (Å²) in [7, 11) is 0. The number of nitrogens with two attached hydrogens (primary N) is 1. The first-order chi connectivity index (χ1) is 12.1. The molecule has 2 fully saturated rings. The second-order valence-corrected chi connectivity index (χ2v) is 8.38. The fourth-order valence-corrected chi connectivity index (χ4v) is 5.01. The molecule has 5 heteroatoms. The normalized spacial score (nSPS) is 22.3. The van der Waals surface area contributed by atoms with Gasteiger partial charge in [-0.15, -0.1) is 11.3 Å². The van der Waals surface area contributed by atoms with E-state index in [0.29, 0.717) is 16.5 Å². The van der Waals surface area contributed by atoms with Crippen LogP contribution < -0.4 is 11.1 Å². The summed E-state index contributed by atoms with van der Waals surface area (Å²) in [6.07, 6.45) is 4.80. The molecule has 25 heavy (non-hydrogen) atoms. The van der Waals surface area contributed by atoms with Gasteiger partial charge in [-0.2, -0.15) is 0 Å². The average Bonchev–Trinajstić information content (AvgIpc) is 3.23. The molecule has 0 radical (unpaired) electrons. The fourth-order valence-electron chi connectivity index (χ4n) is 3.93. The van der Waals surface area contributed by atoms with Gasteiger partial charge in [0.25, 0.3) is 5.91 Å². The van der Waals surface area contributed by atoms with E-state index in [-0.39, 0.29) is 11.8 Å². The van der Waals surface area contributed by atoms with Crippen LogP contribution in [-0.4, -0.2) is 11.8 Å². The molecule has 0 saturated heterocycles. The highest BCUT2D eigenvalue weighted by molar-refractivity contribution is 7.17. The molecule has 2 amide bonds. The van der Waals surface area contributed by atoms with Crippen LogP contribution in [0.15, 0.2) is 30.3 Å². The molecule has 0 aliphatic heterocycles. The van der Waals surface area contributed by atoms with Gasteiger partial charge in [0.15, 0.2) is 0 Å². The predicted molar refractivity (Wildman–Crippen MR) is 101 cm³/mol. The van der Waals surface area contributed by atoms with E-state index in [1.54, 1.807) is 0 Å². The van der Waals surface area contributed by atoms with Crippen LogP contribution in [0.5, 0.6) is 0 Å². The molecule has 4 nitrogen and oxygen atoms in total. The van der Waals surface area contributed by atoms with Gasteiger partial charge in [-0.1, -0.05) is 49.6 Å². The van der Waals surface area contributed by atoms with Crippen LogP contribution in [0, 0.1) is 24.7 Å². The van der Waals surface area contributed by atoms with Gasteiger partial charge < -0.3 is 11.1 Å². The van der Waals surface area contributed by atoms with Crippen molar-refractivity contribution in [1.82, 2.24) is 0 Å². The van der Waals surface area contributed by atoms with Gasteiger partial charge >= 0.3 is 0 Å². The standard InChI is InChI=1S/C20H22N2O2S/c1-11-16(13-6-3-2-4-7-13)17(18(21)23)20(25-11)22-19(24)15-10-14(15)12-8-5-9-12/h2-4,6-7,12,14-15H,5,8-10H2,1H3,(H2,21,23)(H,22,24)/t14-,15-/m0/s1. The first kappa shape index (κ1) is 16.3. The molecule has 2 aliphatic carbocycles. The second kappa shape index (κ2) is 6.30. The van der Waals surface area contributed by atoms with Crippen molar-refractivity contribution in [3.05, 3.63) is 40.8 Å². The molecule has 2 aromatic rings. The number of hydrogen-bond donors (Lipinski definition) is 2. The minimum absolute atomic E-state index is 0.0419. The highest BCUT2D eigenvalue weighted by Gasteiger charge is 2.49. The molecule has 0 unspecified atom stereocenters. The van der Waals surface area contributed by atoms with Gasteiger partial charge in [-0.05, 0) is 30.7 Å². The summed E-state index contributed by atoms with van der Waals surface area (Å²) in [4.78, 5) is 25.7. The van der Waals surface area contributed by atoms with Crippen LogP contribution in [0.1, 0.15) is 40.9 Å². The average molecular weight is 354 g/mol. The van der Waals surface area contributed by atoms with Crippen LogP contribution in [0.3, 0.4) is 0 Å². The minimum atomic E-state index is -0.496. The Morgan fingerprint density at radius 3 is 2.52 bits per heavy atom. The smallest absolute Gasteiger partial charge is 0.252 e. The Kier molecular flexibility index (Phi) is 4.12. The second-order valence-electron chi connectivity index (χ2n) is 7.15. The highest BCUT2D eigenvalue weighted by Crippen LogP contribution is 2.52. The maximum atomic E-state index is 12.6. The molecule has 2 aliphatic rings. The van der Waals surface area contributed by atoms with Gasteiger partial charge in [0.1, 0.15) is 5.00 Å². The SMILES string of the molecule is Cc1sc(NC(=O)[C@H]2C[C@H]2C2CCC2)c(C(N)=O)c1-c1ccccc1. The summed E-state index contributed by atoms with van der Waals surface area (Å²) in [6.45, 7) is 1.96. The van der Waals surface area contributed by atoms with Crippen molar-refractivity contribution in [2.45, 2.75) is 32.6 Å². The number of nitrogens with one attached hydrogen (secondary N) is 1. The zero-order valence-corrected chi connectivity index (χ0v) is 15.1. The lowest BCUT2D eigenvalue weighted by molar-refractivity contribution is -0.117. The molecule has 2 saturated carbocycles. The molecule has 0 spiro atoms. The number of amides is 2. The topological polar surface area (TPSA) is 72.2 Å². The lowest BCUT2D eigenvalue weighted by Gasteiger charge is -2.25. The van der Waals surface area contributed by atoms with Crippen molar-refractivity contribution in [2.24, 2.45) is 23.5 Å². The number of benzene rings is 1. The van der Waals surface area contributed by atoms with Crippen LogP contribution in [-0.2, 0) is 4.79 Å². The van der Waals surface area contributed by atoms with Crippen molar-refractivity contribution in [3.63, 3.8) is 0 Å². The summed E-state index contributed by atoms with van der Waals surface area (Å²) >= 11 is 1.43. The van der Waals surface area contributed by atoms with E-state index in [2.05, 4.69) is 5.32 Å². The van der Waals surface area contributed by atoms with E-state index >= 15 is 0 Å². The van der Waals surface area contributed by atoms with Gasteiger partial charge in [0.05, 0.1) is 5.56 Å². The monoisotopic (exact) mass is 354 g/mol. The molecule has 1 aromatic heterocycles. The molecular formula is C20H22N2O2S. The van der Waals surface area contributed by atoms with Gasteiger partial charge in [-0.25, -0.2) is 0 Å². The molecular weight excluding hydrogens is 332 g/mol. The third-order valence-electron chi connectivity index (χ3n) is 5.56. The van der Waals surface area contributed by atoms with Crippen molar-refractivity contribution in [3.8, 4) is 11.1 Å². The number of anilines is 1. The fraction of sp³-hybridized carbons (Fsp3) is 0.400. The molecule has 130 valence electrons. The van der Waals surface area contributed by atoms with Gasteiger partial charge in [0.2, 0.25) is 5.91 Å². The predicted octanol–water partition coefficient (Wildman–Crippen LogP) is 4.20. The summed E-state index contributed by atoms with van der Waals surface area (Å²) < 4.78 is 0. The van der Waals surface area contributed by atoms with E-state index in [1.807, 2.05) is 37.3 Å². The Morgan fingerprint density at radius 1 is 1.20 bits per heavy atom. The molecule has 4 rings (SSSR count). The maximum absolute atomic E-state index is 12.6. The molecule has 3 N–H and O–H groups in total. The summed E-state index contributed by atoms with van der Waals surface area (Å²) in [6, 6.07) is 9.72. The Balaban J connectivity index is 1.60. The summed E-state index contributed by atoms with van der Waals surface area (Å²) in [5.74, 6) is 0.926. The molecule has 0 bridgehead atoms. The number of thiophene rings is 1. The largest absolute Gasteiger partial charge is 0.365 e. The third kappa shape index (κ3) is 2.97. The number of rotatable bonds is 5. The van der Waals surface area contributed by atoms with E-state index in [0.717, 1.165) is 28.3 Å². The van der Waals surface area contributed by atoms with Crippen LogP contribution >= 0.6 is 11.3 Å². The number of carbonyl (C=O) groups is 2. The third-order valence-corrected chi connectivity index (χ3v) is 6.58. The first-order valence-electron chi connectivity index (χ1n) is 8.85. The number of hydrogen-bond acceptors (Lipinski definition) is 3. The maximum Gasteiger partial charge on any atom is 0.252 e. The Hall–Kier alpha value is -2.14. The van der Waals surface area contributed by atoms with E-state index in [4.69, 9.17) is 5.73 Å². The molecule has 1 aromatic carbocycles. The molecule has 2 atom stereocenters. The lowest BCUT2D eigenvalue weighted by Crippen LogP contribution is -2.21. The first-order valence-corrected chi connectivity index (χ1v) is 9.67. The van der Waals surface area contributed by atoms with Crippen molar-refractivity contribution in [1.29, 1.82) is 0 Å². The van der Waals surface area contributed by atoms with Gasteiger partial charge in [-0.3, -0.25) is 9.59 Å². The van der Waals surface area contributed by atoms with Crippen LogP contribution in [0.4, 0.5) is 5.00 Å². The summed E-state index contributed by atoms with van der Waals surface area (Å²) in [5, 5.41) is 3.59.